The quantitative estimate of drug-likeness (QED) is 0.804. The second kappa shape index (κ2) is 6.89. The van der Waals surface area contributed by atoms with E-state index in [1.54, 1.807) is 30.3 Å². The number of sulfone groups is 1. The lowest BCUT2D eigenvalue weighted by Crippen LogP contribution is -2.36. The molecule has 1 saturated carbocycles. The highest BCUT2D eigenvalue weighted by Gasteiger charge is 2.69. The maximum absolute atomic E-state index is 13.1. The molecule has 0 aromatic heterocycles. The van der Waals surface area contributed by atoms with E-state index in [1.165, 1.54) is 12.1 Å². The van der Waals surface area contributed by atoms with E-state index in [4.69, 9.17) is 33.7 Å². The van der Waals surface area contributed by atoms with Crippen molar-refractivity contribution in [3.63, 3.8) is 0 Å². The van der Waals surface area contributed by atoms with E-state index >= 15 is 0 Å². The lowest BCUT2D eigenvalue weighted by molar-refractivity contribution is 0.125. The van der Waals surface area contributed by atoms with Crippen molar-refractivity contribution in [1.29, 1.82) is 0 Å². The minimum absolute atomic E-state index is 0.165. The van der Waals surface area contributed by atoms with Gasteiger partial charge in [-0.15, -0.1) is 0 Å². The van der Waals surface area contributed by atoms with E-state index in [0.29, 0.717) is 16.7 Å². The molecule has 0 amide bonds. The van der Waals surface area contributed by atoms with Crippen LogP contribution >= 0.6 is 23.2 Å². The van der Waals surface area contributed by atoms with Crippen LogP contribution in [0.1, 0.15) is 18.4 Å². The van der Waals surface area contributed by atoms with Crippen LogP contribution in [0.25, 0.3) is 0 Å². The molecule has 0 bridgehead atoms. The highest BCUT2D eigenvalue weighted by molar-refractivity contribution is 7.92. The van der Waals surface area contributed by atoms with Gasteiger partial charge in [-0.25, -0.2) is 8.42 Å². The van der Waals surface area contributed by atoms with Crippen molar-refractivity contribution in [3.05, 3.63) is 64.1 Å². The average molecular weight is 400 g/mol. The van der Waals surface area contributed by atoms with Gasteiger partial charge in [0.25, 0.3) is 0 Å². The Balaban J connectivity index is 2.01. The van der Waals surface area contributed by atoms with Crippen molar-refractivity contribution in [3.8, 4) is 0 Å². The number of rotatable bonds is 6. The number of hydrogen-bond donors (Lipinski definition) is 1. The van der Waals surface area contributed by atoms with Gasteiger partial charge in [0.2, 0.25) is 0 Å². The summed E-state index contributed by atoms with van der Waals surface area (Å²) in [5.74, 6) is -0.376. The summed E-state index contributed by atoms with van der Waals surface area (Å²) in [6.07, 6.45) is 0. The maximum atomic E-state index is 13.1. The summed E-state index contributed by atoms with van der Waals surface area (Å²) in [5, 5.41) is 0.256. The number of nitrogens with two attached hydrogens (primary N) is 1. The monoisotopic (exact) mass is 399 g/mol. The van der Waals surface area contributed by atoms with Gasteiger partial charge >= 0.3 is 0 Å². The summed E-state index contributed by atoms with van der Waals surface area (Å²) in [6.45, 7) is 2.48. The first-order chi connectivity index (χ1) is 11.8. The van der Waals surface area contributed by atoms with Crippen LogP contribution in [0.4, 0.5) is 0 Å². The molecule has 3 rings (SSSR count). The Morgan fingerprint density at radius 3 is 2.40 bits per heavy atom. The fourth-order valence-corrected chi connectivity index (χ4v) is 5.91. The van der Waals surface area contributed by atoms with Gasteiger partial charge in [-0.3, -0.25) is 0 Å². The van der Waals surface area contributed by atoms with Gasteiger partial charge in [0.05, 0.1) is 22.3 Å². The van der Waals surface area contributed by atoms with Crippen molar-refractivity contribution >= 4 is 33.0 Å². The van der Waals surface area contributed by atoms with Crippen LogP contribution in [0.3, 0.4) is 0 Å². The molecule has 1 aliphatic rings. The second-order valence-corrected chi connectivity index (χ2v) is 9.14. The Kier molecular flexibility index (Phi) is 5.15. The Bertz CT molecular complexity index is 870. The van der Waals surface area contributed by atoms with Crippen molar-refractivity contribution in [2.75, 3.05) is 13.2 Å². The summed E-state index contributed by atoms with van der Waals surface area (Å²) in [4.78, 5) is 0.206. The maximum Gasteiger partial charge on any atom is 0.183 e. The molecule has 0 saturated heterocycles. The third-order valence-electron chi connectivity index (χ3n) is 4.54. The van der Waals surface area contributed by atoms with Crippen LogP contribution in [-0.2, 0) is 14.6 Å². The average Bonchev–Trinajstić information content (AvgIpc) is 3.20. The van der Waals surface area contributed by atoms with Crippen molar-refractivity contribution in [2.24, 2.45) is 5.73 Å². The molecule has 25 heavy (non-hydrogen) atoms. The lowest BCUT2D eigenvalue weighted by Gasteiger charge is -2.12. The van der Waals surface area contributed by atoms with Crippen molar-refractivity contribution in [2.45, 2.75) is 28.5 Å². The van der Waals surface area contributed by atoms with Gasteiger partial charge in [0, 0.05) is 22.6 Å². The van der Waals surface area contributed by atoms with Gasteiger partial charge in [-0.1, -0.05) is 35.3 Å². The SMILES string of the molecule is CCOC[C@]1(N)[C@H](c2cccc(Cl)c2)[C@H]1S(=O)(=O)c1ccc(Cl)cc1. The summed E-state index contributed by atoms with van der Waals surface area (Å²) >= 11 is 11.9. The molecule has 134 valence electrons. The van der Waals surface area contributed by atoms with Crippen LogP contribution in [0.2, 0.25) is 10.0 Å². The Hall–Kier alpha value is -1.11. The predicted octanol–water partition coefficient (Wildman–Crippen LogP) is 3.67. The fraction of sp³-hybridized carbons (Fsp3) is 0.333. The molecule has 4 nitrogen and oxygen atoms in total. The number of hydrogen-bond acceptors (Lipinski definition) is 4. The van der Waals surface area contributed by atoms with Crippen LogP contribution in [-0.4, -0.2) is 32.4 Å². The number of benzene rings is 2. The second-order valence-electron chi connectivity index (χ2n) is 6.20. The van der Waals surface area contributed by atoms with E-state index in [1.807, 2.05) is 13.0 Å². The van der Waals surface area contributed by atoms with E-state index in [-0.39, 0.29) is 17.4 Å². The molecule has 0 aliphatic heterocycles. The molecule has 1 aliphatic carbocycles. The molecule has 1 fully saturated rings. The third kappa shape index (κ3) is 3.44. The standard InChI is InChI=1S/C18H19Cl2NO3S/c1-2-24-11-18(21)16(12-4-3-5-14(20)10-12)17(18)25(22,23)15-8-6-13(19)7-9-15/h3-10,16-17H,2,11,21H2,1H3/t16-,17-,18+/m1/s1. The van der Waals surface area contributed by atoms with Gasteiger partial charge in [0.1, 0.15) is 0 Å². The normalized spacial score (nSPS) is 25.8. The van der Waals surface area contributed by atoms with Crippen LogP contribution in [0.5, 0.6) is 0 Å². The van der Waals surface area contributed by atoms with Crippen molar-refractivity contribution < 1.29 is 13.2 Å². The van der Waals surface area contributed by atoms with Gasteiger partial charge < -0.3 is 10.5 Å². The molecule has 0 radical (unpaired) electrons. The molecule has 2 N–H and O–H groups in total. The molecule has 2 aromatic carbocycles. The molecule has 7 heteroatoms. The molecular weight excluding hydrogens is 381 g/mol. The first-order valence-corrected chi connectivity index (χ1v) is 10.2. The Morgan fingerprint density at radius 1 is 1.12 bits per heavy atom. The minimum Gasteiger partial charge on any atom is -0.380 e. The first-order valence-electron chi connectivity index (χ1n) is 7.92. The molecular formula is C18H19Cl2NO3S. The van der Waals surface area contributed by atoms with Crippen LogP contribution in [0.15, 0.2) is 53.4 Å². The van der Waals surface area contributed by atoms with Gasteiger partial charge in [-0.2, -0.15) is 0 Å². The highest BCUT2D eigenvalue weighted by atomic mass is 35.5. The van der Waals surface area contributed by atoms with Gasteiger partial charge in [-0.05, 0) is 48.9 Å². The van der Waals surface area contributed by atoms with E-state index < -0.39 is 20.6 Å². The molecule has 0 unspecified atom stereocenters. The zero-order chi connectivity index (χ0) is 18.2. The topological polar surface area (TPSA) is 69.4 Å². The van der Waals surface area contributed by atoms with Crippen LogP contribution < -0.4 is 5.73 Å². The zero-order valence-electron chi connectivity index (χ0n) is 13.7. The van der Waals surface area contributed by atoms with E-state index in [0.717, 1.165) is 5.56 Å². The summed E-state index contributed by atoms with van der Waals surface area (Å²) in [6, 6.07) is 13.3. The molecule has 0 spiro atoms. The highest BCUT2D eigenvalue weighted by Crippen LogP contribution is 2.56. The summed E-state index contributed by atoms with van der Waals surface area (Å²) < 4.78 is 31.8. The van der Waals surface area contributed by atoms with Crippen LogP contribution in [0, 0.1) is 0 Å². The minimum atomic E-state index is -3.64. The fourth-order valence-electron chi connectivity index (χ4n) is 3.30. The zero-order valence-corrected chi connectivity index (χ0v) is 16.0. The number of ether oxygens (including phenoxy) is 1. The third-order valence-corrected chi connectivity index (χ3v) is 7.34. The van der Waals surface area contributed by atoms with E-state index in [9.17, 15) is 8.42 Å². The van der Waals surface area contributed by atoms with Gasteiger partial charge in [0.15, 0.2) is 9.84 Å². The predicted molar refractivity (Wildman–Crippen MR) is 100 cm³/mol. The summed E-state index contributed by atoms with van der Waals surface area (Å²) in [7, 11) is -3.64. The van der Waals surface area contributed by atoms with E-state index in [2.05, 4.69) is 0 Å². The van der Waals surface area contributed by atoms with Crippen molar-refractivity contribution in [1.82, 2.24) is 0 Å². The number of halogens is 2. The molecule has 2 aromatic rings. The molecule has 0 heterocycles. The smallest absolute Gasteiger partial charge is 0.183 e. The molecule has 3 atom stereocenters. The summed E-state index contributed by atoms with van der Waals surface area (Å²) in [5.41, 5.74) is 6.30. The first kappa shape index (κ1) is 18.7. The Labute approximate surface area is 157 Å². The largest absolute Gasteiger partial charge is 0.380 e. The Morgan fingerprint density at radius 2 is 1.80 bits per heavy atom. The lowest BCUT2D eigenvalue weighted by atomic mass is 10.1.